The molecule has 19 heavy (non-hydrogen) atoms. The topological polar surface area (TPSA) is 69.3 Å². The summed E-state index contributed by atoms with van der Waals surface area (Å²) in [4.78, 5) is 4.27. The number of hydrogen-bond donors (Lipinski definition) is 2. The van der Waals surface area contributed by atoms with E-state index in [9.17, 15) is 5.11 Å². The zero-order chi connectivity index (χ0) is 14.1. The number of nitrogens with one attached hydrogen (secondary N) is 1. The first-order valence-corrected chi connectivity index (χ1v) is 6.22. The van der Waals surface area contributed by atoms with Crippen molar-refractivity contribution in [1.82, 2.24) is 5.43 Å². The molecule has 1 aromatic rings. The highest BCUT2D eigenvalue weighted by Crippen LogP contribution is 2.19. The van der Waals surface area contributed by atoms with Crippen LogP contribution in [-0.4, -0.2) is 24.9 Å². The highest BCUT2D eigenvalue weighted by atomic mass is 35.5. The van der Waals surface area contributed by atoms with Crippen molar-refractivity contribution in [2.24, 2.45) is 15.3 Å². The van der Waals surface area contributed by atoms with E-state index in [2.05, 4.69) is 27.3 Å². The van der Waals surface area contributed by atoms with Crippen LogP contribution in [-0.2, 0) is 0 Å². The third-order valence-corrected chi connectivity index (χ3v) is 2.62. The van der Waals surface area contributed by atoms with Crippen LogP contribution in [0.2, 0.25) is 5.02 Å². The van der Waals surface area contributed by atoms with E-state index < -0.39 is 0 Å². The number of hydrogen-bond acceptors (Lipinski definition) is 4. The number of nitrogens with zero attached hydrogens (tertiary/aromatic N) is 3. The Hall–Kier alpha value is -1.88. The van der Waals surface area contributed by atoms with E-state index in [-0.39, 0.29) is 5.75 Å². The number of rotatable bonds is 7. The van der Waals surface area contributed by atoms with Crippen LogP contribution in [0.4, 0.5) is 0 Å². The Balaban J connectivity index is 2.32. The summed E-state index contributed by atoms with van der Waals surface area (Å²) >= 11 is 5.95. The van der Waals surface area contributed by atoms with Crippen LogP contribution >= 0.6 is 11.6 Å². The summed E-state index contributed by atoms with van der Waals surface area (Å²) in [5.74, 6) is 0.148. The second-order valence-corrected chi connectivity index (χ2v) is 4.27. The Morgan fingerprint density at radius 1 is 1.53 bits per heavy atom. The predicted octanol–water partition coefficient (Wildman–Crippen LogP) is 3.35. The lowest BCUT2D eigenvalue weighted by molar-refractivity contribution is 0.475. The van der Waals surface area contributed by atoms with Crippen LogP contribution in [0.15, 0.2) is 45.8 Å². The first-order chi connectivity index (χ1) is 9.13. The lowest BCUT2D eigenvalue weighted by atomic mass is 10.2. The summed E-state index contributed by atoms with van der Waals surface area (Å²) in [5.41, 5.74) is 4.32. The number of allylic oxidation sites excluding steroid dienone is 1. The third kappa shape index (κ3) is 6.01. The van der Waals surface area contributed by atoms with E-state index in [4.69, 9.17) is 11.6 Å². The molecule has 0 aromatic heterocycles. The van der Waals surface area contributed by atoms with E-state index in [1.165, 1.54) is 6.07 Å². The average Bonchev–Trinajstić information content (AvgIpc) is 2.38. The molecule has 0 aliphatic heterocycles. The molecule has 0 spiro atoms. The van der Waals surface area contributed by atoms with Gasteiger partial charge in [0.15, 0.2) is 0 Å². The minimum absolute atomic E-state index is 0.148. The first kappa shape index (κ1) is 15.2. The van der Waals surface area contributed by atoms with Crippen LogP contribution < -0.4 is 5.43 Å². The Morgan fingerprint density at radius 2 is 2.32 bits per heavy atom. The number of benzene rings is 1. The minimum atomic E-state index is 0.148. The van der Waals surface area contributed by atoms with E-state index in [1.54, 1.807) is 25.4 Å². The molecule has 2 N–H and O–H groups in total. The monoisotopic (exact) mass is 280 g/mol. The normalized spacial score (nSPS) is 11.3. The molecule has 102 valence electrons. The molecule has 1 rings (SSSR count). The van der Waals surface area contributed by atoms with E-state index in [1.807, 2.05) is 0 Å². The summed E-state index contributed by atoms with van der Waals surface area (Å²) in [6.07, 6.45) is 3.33. The predicted molar refractivity (Wildman–Crippen MR) is 77.9 cm³/mol. The summed E-state index contributed by atoms with van der Waals surface area (Å²) in [6.45, 7) is 4.47. The van der Waals surface area contributed by atoms with Crippen molar-refractivity contribution in [3.05, 3.63) is 41.1 Å². The Labute approximate surface area is 117 Å². The molecule has 0 saturated carbocycles. The SMILES string of the molecule is C=C(CCC/N=C/c1ccc(O)cc1Cl)N/N=N\C. The van der Waals surface area contributed by atoms with Gasteiger partial charge in [-0.15, -0.1) is 0 Å². The van der Waals surface area contributed by atoms with Crippen molar-refractivity contribution in [3.8, 4) is 5.75 Å². The summed E-state index contributed by atoms with van der Waals surface area (Å²) in [5, 5.41) is 16.9. The van der Waals surface area contributed by atoms with Gasteiger partial charge in [0, 0.05) is 24.0 Å². The second-order valence-electron chi connectivity index (χ2n) is 3.86. The molecule has 0 unspecified atom stereocenters. The van der Waals surface area contributed by atoms with Gasteiger partial charge in [0.05, 0.1) is 12.1 Å². The van der Waals surface area contributed by atoms with Crippen LogP contribution in [0.3, 0.4) is 0 Å². The van der Waals surface area contributed by atoms with E-state index in [0.717, 1.165) is 24.1 Å². The molecule has 1 aromatic carbocycles. The minimum Gasteiger partial charge on any atom is -0.508 e. The molecule has 0 bridgehead atoms. The van der Waals surface area contributed by atoms with Gasteiger partial charge in [-0.1, -0.05) is 23.4 Å². The second kappa shape index (κ2) is 8.26. The van der Waals surface area contributed by atoms with Gasteiger partial charge in [-0.3, -0.25) is 10.4 Å². The number of aliphatic imine (C=N–C) groups is 1. The quantitative estimate of drug-likeness (QED) is 0.348. The molecule has 0 fully saturated rings. The number of phenolic OH excluding ortho intramolecular Hbond substituents is 1. The van der Waals surface area contributed by atoms with Crippen molar-refractivity contribution >= 4 is 17.8 Å². The number of halogens is 1. The van der Waals surface area contributed by atoms with Crippen molar-refractivity contribution in [3.63, 3.8) is 0 Å². The fraction of sp³-hybridized carbons (Fsp3) is 0.308. The van der Waals surface area contributed by atoms with Crippen LogP contribution in [0, 0.1) is 0 Å². The molecule has 6 heteroatoms. The summed E-state index contributed by atoms with van der Waals surface area (Å²) in [6, 6.07) is 4.79. The Kier molecular flexibility index (Phi) is 6.60. The maximum atomic E-state index is 9.22. The van der Waals surface area contributed by atoms with Crippen LogP contribution in [0.25, 0.3) is 0 Å². The molecule has 0 aliphatic rings. The zero-order valence-corrected chi connectivity index (χ0v) is 11.6. The molecular weight excluding hydrogens is 264 g/mol. The lowest BCUT2D eigenvalue weighted by Crippen LogP contribution is -2.03. The Bertz CT molecular complexity index is 486. The van der Waals surface area contributed by atoms with E-state index >= 15 is 0 Å². The van der Waals surface area contributed by atoms with Gasteiger partial charge in [0.1, 0.15) is 5.75 Å². The Morgan fingerprint density at radius 3 is 3.00 bits per heavy atom. The van der Waals surface area contributed by atoms with Crippen molar-refractivity contribution in [1.29, 1.82) is 0 Å². The molecule has 0 radical (unpaired) electrons. The highest BCUT2D eigenvalue weighted by molar-refractivity contribution is 6.33. The maximum Gasteiger partial charge on any atom is 0.117 e. The molecule has 5 nitrogen and oxygen atoms in total. The molecule has 0 atom stereocenters. The first-order valence-electron chi connectivity index (χ1n) is 5.84. The van der Waals surface area contributed by atoms with E-state index in [0.29, 0.717) is 11.6 Å². The zero-order valence-electron chi connectivity index (χ0n) is 10.8. The lowest BCUT2D eigenvalue weighted by Gasteiger charge is -2.01. The van der Waals surface area contributed by atoms with Crippen molar-refractivity contribution < 1.29 is 5.11 Å². The largest absolute Gasteiger partial charge is 0.508 e. The maximum absolute atomic E-state index is 9.22. The summed E-state index contributed by atoms with van der Waals surface area (Å²) in [7, 11) is 1.59. The average molecular weight is 281 g/mol. The molecule has 0 amide bonds. The smallest absolute Gasteiger partial charge is 0.117 e. The van der Waals surface area contributed by atoms with Crippen LogP contribution in [0.1, 0.15) is 18.4 Å². The van der Waals surface area contributed by atoms with Gasteiger partial charge in [-0.25, -0.2) is 0 Å². The highest BCUT2D eigenvalue weighted by Gasteiger charge is 1.98. The molecule has 0 heterocycles. The van der Waals surface area contributed by atoms with Crippen molar-refractivity contribution in [2.75, 3.05) is 13.6 Å². The summed E-state index contributed by atoms with van der Waals surface area (Å²) < 4.78 is 0. The fourth-order valence-electron chi connectivity index (χ4n) is 1.34. The molecule has 0 saturated heterocycles. The van der Waals surface area contributed by atoms with Gasteiger partial charge in [-0.05, 0) is 31.0 Å². The van der Waals surface area contributed by atoms with Gasteiger partial charge in [0.2, 0.25) is 0 Å². The van der Waals surface area contributed by atoms with Gasteiger partial charge < -0.3 is 5.11 Å². The van der Waals surface area contributed by atoms with Gasteiger partial charge in [-0.2, -0.15) is 5.11 Å². The number of phenols is 1. The molecule has 0 aliphatic carbocycles. The van der Waals surface area contributed by atoms with Crippen molar-refractivity contribution in [2.45, 2.75) is 12.8 Å². The standard InChI is InChI=1S/C13H17ClN4O/c1-10(17-18-15-2)4-3-7-16-9-11-5-6-12(19)8-13(11)14/h5-6,8-9,19H,1,3-4,7H2,2H3,(H,15,17)/b16-9+. The van der Waals surface area contributed by atoms with Crippen LogP contribution in [0.5, 0.6) is 5.75 Å². The third-order valence-electron chi connectivity index (χ3n) is 2.29. The number of aromatic hydroxyl groups is 1. The molecular formula is C13H17ClN4O. The van der Waals surface area contributed by atoms with Gasteiger partial charge in [0.25, 0.3) is 0 Å². The van der Waals surface area contributed by atoms with Gasteiger partial charge >= 0.3 is 0 Å². The fourth-order valence-corrected chi connectivity index (χ4v) is 1.57.